The molecule has 19 heavy (non-hydrogen) atoms. The lowest BCUT2D eigenvalue weighted by Gasteiger charge is -2.19. The van der Waals surface area contributed by atoms with E-state index in [0.717, 1.165) is 11.3 Å². The largest absolute Gasteiger partial charge is 0.491 e. The number of rotatable bonds is 6. The topological polar surface area (TPSA) is 29.5 Å². The van der Waals surface area contributed by atoms with E-state index in [-0.39, 0.29) is 5.91 Å². The molecular weight excluding hydrogens is 306 g/mol. The molecule has 0 spiro atoms. The van der Waals surface area contributed by atoms with E-state index in [0.29, 0.717) is 24.9 Å². The summed E-state index contributed by atoms with van der Waals surface area (Å²) >= 11 is 3.27. The Morgan fingerprint density at radius 3 is 2.53 bits per heavy atom. The zero-order valence-corrected chi connectivity index (χ0v) is 13.7. The number of hydrogen-bond donors (Lipinski definition) is 0. The third-order valence-corrected chi connectivity index (χ3v) is 3.68. The summed E-state index contributed by atoms with van der Waals surface area (Å²) in [6.45, 7) is 7.32. The summed E-state index contributed by atoms with van der Waals surface area (Å²) in [4.78, 5) is 13.3. The van der Waals surface area contributed by atoms with Crippen molar-refractivity contribution in [3.8, 4) is 5.75 Å². The summed E-state index contributed by atoms with van der Waals surface area (Å²) in [5, 5.41) is 0.702. The van der Waals surface area contributed by atoms with Crippen molar-refractivity contribution in [3.63, 3.8) is 0 Å². The zero-order valence-electron chi connectivity index (χ0n) is 12.1. The summed E-state index contributed by atoms with van der Waals surface area (Å²) in [7, 11) is 1.81. The average Bonchev–Trinajstić information content (AvgIpc) is 2.38. The van der Waals surface area contributed by atoms with E-state index < -0.39 is 0 Å². The lowest BCUT2D eigenvalue weighted by Crippen LogP contribution is -2.31. The Hall–Kier alpha value is -1.03. The summed E-state index contributed by atoms with van der Waals surface area (Å²) in [6, 6.07) is 4.17. The van der Waals surface area contributed by atoms with Crippen molar-refractivity contribution in [2.75, 3.05) is 25.5 Å². The SMILES string of the molecule is Cc1ccc(C)c(OCCN(C)C(=O)CCBr)c1C. The van der Waals surface area contributed by atoms with Crippen LogP contribution in [0.15, 0.2) is 12.1 Å². The third kappa shape index (κ3) is 4.53. The molecule has 0 aliphatic rings. The fraction of sp³-hybridized carbons (Fsp3) is 0.533. The summed E-state index contributed by atoms with van der Waals surface area (Å²) in [5.41, 5.74) is 3.54. The number of alkyl halides is 1. The molecule has 0 aromatic heterocycles. The number of carbonyl (C=O) groups is 1. The fourth-order valence-corrected chi connectivity index (χ4v) is 2.17. The summed E-state index contributed by atoms with van der Waals surface area (Å²) < 4.78 is 5.84. The number of ether oxygens (including phenoxy) is 1. The van der Waals surface area contributed by atoms with E-state index in [1.54, 1.807) is 4.90 Å². The van der Waals surface area contributed by atoms with Crippen LogP contribution in [0.25, 0.3) is 0 Å². The quantitative estimate of drug-likeness (QED) is 0.751. The molecule has 4 heteroatoms. The van der Waals surface area contributed by atoms with Crippen LogP contribution in [0, 0.1) is 20.8 Å². The van der Waals surface area contributed by atoms with Gasteiger partial charge in [0.2, 0.25) is 5.91 Å². The maximum absolute atomic E-state index is 11.6. The second kappa shape index (κ2) is 7.53. The Labute approximate surface area is 124 Å². The van der Waals surface area contributed by atoms with Crippen LogP contribution in [0.3, 0.4) is 0 Å². The number of likely N-dealkylation sites (N-methyl/N-ethyl adjacent to an activating group) is 1. The minimum absolute atomic E-state index is 0.137. The highest BCUT2D eigenvalue weighted by Gasteiger charge is 2.09. The predicted molar refractivity (Wildman–Crippen MR) is 82.2 cm³/mol. The van der Waals surface area contributed by atoms with Gasteiger partial charge in [-0.2, -0.15) is 0 Å². The number of benzene rings is 1. The van der Waals surface area contributed by atoms with Crippen LogP contribution in [-0.2, 0) is 4.79 Å². The van der Waals surface area contributed by atoms with Crippen LogP contribution in [0.4, 0.5) is 0 Å². The van der Waals surface area contributed by atoms with Gasteiger partial charge in [-0.1, -0.05) is 28.1 Å². The minimum Gasteiger partial charge on any atom is -0.491 e. The molecule has 0 bridgehead atoms. The molecule has 0 saturated carbocycles. The molecule has 0 aliphatic carbocycles. The Morgan fingerprint density at radius 1 is 1.26 bits per heavy atom. The van der Waals surface area contributed by atoms with Crippen LogP contribution >= 0.6 is 15.9 Å². The van der Waals surface area contributed by atoms with Crippen molar-refractivity contribution in [2.24, 2.45) is 0 Å². The molecule has 0 saturated heterocycles. The van der Waals surface area contributed by atoms with Gasteiger partial charge in [-0.25, -0.2) is 0 Å². The molecule has 3 nitrogen and oxygen atoms in total. The van der Waals surface area contributed by atoms with Crippen molar-refractivity contribution in [3.05, 3.63) is 28.8 Å². The van der Waals surface area contributed by atoms with Gasteiger partial charge in [-0.3, -0.25) is 4.79 Å². The van der Waals surface area contributed by atoms with E-state index in [1.165, 1.54) is 11.1 Å². The summed E-state index contributed by atoms with van der Waals surface area (Å²) in [6.07, 6.45) is 0.527. The Kier molecular flexibility index (Phi) is 6.35. The van der Waals surface area contributed by atoms with Crippen molar-refractivity contribution in [1.29, 1.82) is 0 Å². The first-order valence-corrected chi connectivity index (χ1v) is 7.59. The van der Waals surface area contributed by atoms with Crippen molar-refractivity contribution in [1.82, 2.24) is 4.90 Å². The maximum atomic E-state index is 11.6. The van der Waals surface area contributed by atoms with E-state index in [1.807, 2.05) is 14.0 Å². The van der Waals surface area contributed by atoms with Gasteiger partial charge in [0.25, 0.3) is 0 Å². The Balaban J connectivity index is 2.54. The summed E-state index contributed by atoms with van der Waals surface area (Å²) in [5.74, 6) is 1.08. The molecule has 0 N–H and O–H groups in total. The van der Waals surface area contributed by atoms with Crippen molar-refractivity contribution in [2.45, 2.75) is 27.2 Å². The van der Waals surface area contributed by atoms with E-state index in [2.05, 4.69) is 41.9 Å². The molecule has 0 fully saturated rings. The number of amides is 1. The number of halogens is 1. The second-order valence-corrected chi connectivity index (χ2v) is 5.55. The van der Waals surface area contributed by atoms with Crippen LogP contribution in [0.5, 0.6) is 5.75 Å². The molecule has 0 radical (unpaired) electrons. The lowest BCUT2D eigenvalue weighted by molar-refractivity contribution is -0.129. The van der Waals surface area contributed by atoms with Crippen LogP contribution in [0.2, 0.25) is 0 Å². The van der Waals surface area contributed by atoms with Gasteiger partial charge in [0.1, 0.15) is 12.4 Å². The highest BCUT2D eigenvalue weighted by Crippen LogP contribution is 2.25. The number of nitrogens with zero attached hydrogens (tertiary/aromatic N) is 1. The van der Waals surface area contributed by atoms with E-state index >= 15 is 0 Å². The molecule has 1 aromatic carbocycles. The molecule has 0 aliphatic heterocycles. The van der Waals surface area contributed by atoms with Gasteiger partial charge >= 0.3 is 0 Å². The third-order valence-electron chi connectivity index (χ3n) is 3.28. The normalized spacial score (nSPS) is 10.4. The van der Waals surface area contributed by atoms with Gasteiger partial charge in [-0.15, -0.1) is 0 Å². The molecule has 1 amide bonds. The Morgan fingerprint density at radius 2 is 1.89 bits per heavy atom. The highest BCUT2D eigenvalue weighted by atomic mass is 79.9. The number of carbonyl (C=O) groups excluding carboxylic acids is 1. The van der Waals surface area contributed by atoms with Gasteiger partial charge in [0.15, 0.2) is 0 Å². The average molecular weight is 328 g/mol. The van der Waals surface area contributed by atoms with Gasteiger partial charge < -0.3 is 9.64 Å². The smallest absolute Gasteiger partial charge is 0.223 e. The van der Waals surface area contributed by atoms with Crippen LogP contribution in [0.1, 0.15) is 23.1 Å². The molecule has 0 heterocycles. The van der Waals surface area contributed by atoms with Crippen LogP contribution in [-0.4, -0.2) is 36.3 Å². The van der Waals surface area contributed by atoms with Crippen LogP contribution < -0.4 is 4.74 Å². The van der Waals surface area contributed by atoms with Gasteiger partial charge in [-0.05, 0) is 37.5 Å². The molecule has 106 valence electrons. The fourth-order valence-electron chi connectivity index (χ4n) is 1.83. The second-order valence-electron chi connectivity index (χ2n) is 4.76. The van der Waals surface area contributed by atoms with E-state index in [4.69, 9.17) is 4.74 Å². The first-order chi connectivity index (χ1) is 8.97. The molecule has 0 atom stereocenters. The maximum Gasteiger partial charge on any atom is 0.223 e. The Bertz CT molecular complexity index is 446. The van der Waals surface area contributed by atoms with Gasteiger partial charge in [0.05, 0.1) is 6.54 Å². The predicted octanol–water partition coefficient (Wildman–Crippen LogP) is 3.23. The monoisotopic (exact) mass is 327 g/mol. The highest BCUT2D eigenvalue weighted by molar-refractivity contribution is 9.09. The van der Waals surface area contributed by atoms with Crippen molar-refractivity contribution < 1.29 is 9.53 Å². The number of aryl methyl sites for hydroxylation is 2. The molecule has 1 rings (SSSR count). The molecule has 0 unspecified atom stereocenters. The zero-order chi connectivity index (χ0) is 14.4. The van der Waals surface area contributed by atoms with Gasteiger partial charge in [0, 0.05) is 18.8 Å². The molecule has 1 aromatic rings. The lowest BCUT2D eigenvalue weighted by atomic mass is 10.1. The standard InChI is InChI=1S/C15H22BrNO2/c1-11-5-6-12(2)15(13(11)3)19-10-9-17(4)14(18)7-8-16/h5-6H,7-10H2,1-4H3. The van der Waals surface area contributed by atoms with Crippen molar-refractivity contribution >= 4 is 21.8 Å². The van der Waals surface area contributed by atoms with E-state index in [9.17, 15) is 4.79 Å². The minimum atomic E-state index is 0.137. The molecular formula is C15H22BrNO2. The first kappa shape index (κ1) is 16.0. The number of hydrogen-bond acceptors (Lipinski definition) is 2. The first-order valence-electron chi connectivity index (χ1n) is 6.47.